The molecule has 0 aliphatic heterocycles. The summed E-state index contributed by atoms with van der Waals surface area (Å²) in [6.07, 6.45) is 0. The van der Waals surface area contributed by atoms with Crippen molar-refractivity contribution >= 4 is 17.5 Å². The number of carboxylic acid groups (broad SMARTS) is 1. The lowest BCUT2D eigenvalue weighted by Gasteiger charge is -2.06. The van der Waals surface area contributed by atoms with Crippen LogP contribution < -0.4 is 0 Å². The Balaban J connectivity index is 2.23. The molecule has 0 saturated carbocycles. The zero-order valence-electron chi connectivity index (χ0n) is 8.31. The number of tetrazole rings is 1. The van der Waals surface area contributed by atoms with Crippen LogP contribution in [0.5, 0.6) is 0 Å². The Morgan fingerprint density at radius 2 is 2.44 bits per heavy atom. The third kappa shape index (κ3) is 2.03. The van der Waals surface area contributed by atoms with Crippen LogP contribution in [0.3, 0.4) is 0 Å². The molecule has 16 heavy (non-hydrogen) atoms. The number of aliphatic carboxylic acids is 1. The Labute approximate surface area is 94.1 Å². The molecular weight excluding hydrogens is 232 g/mol. The van der Waals surface area contributed by atoms with E-state index < -0.39 is 11.9 Å². The van der Waals surface area contributed by atoms with Crippen molar-refractivity contribution in [3.8, 4) is 11.5 Å². The second-order valence-electron chi connectivity index (χ2n) is 3.21. The second kappa shape index (κ2) is 4.31. The van der Waals surface area contributed by atoms with Gasteiger partial charge in [0.2, 0.25) is 5.82 Å². The molecule has 0 saturated heterocycles. The SMILES string of the molecule is CC(Cn1nnnc1-c1csnn1)C(=O)O. The zero-order valence-corrected chi connectivity index (χ0v) is 9.13. The number of hydrogen-bond acceptors (Lipinski definition) is 7. The van der Waals surface area contributed by atoms with Crippen molar-refractivity contribution in [2.75, 3.05) is 0 Å². The number of carboxylic acids is 1. The van der Waals surface area contributed by atoms with Gasteiger partial charge in [-0.3, -0.25) is 4.79 Å². The molecule has 0 aromatic carbocycles. The van der Waals surface area contributed by atoms with E-state index in [4.69, 9.17) is 5.11 Å². The number of carbonyl (C=O) groups is 1. The Kier molecular flexibility index (Phi) is 2.86. The predicted octanol–water partition coefficient (Wildman–Crippen LogP) is -0.0877. The molecule has 2 aromatic rings. The van der Waals surface area contributed by atoms with Gasteiger partial charge in [0.15, 0.2) is 0 Å². The molecule has 0 aliphatic rings. The summed E-state index contributed by atoms with van der Waals surface area (Å²) in [7, 11) is 0. The molecule has 1 atom stereocenters. The molecular formula is C7H8N6O2S. The monoisotopic (exact) mass is 240 g/mol. The van der Waals surface area contributed by atoms with Gasteiger partial charge in [0.05, 0.1) is 12.5 Å². The standard InChI is InChI=1S/C7H8N6O2S/c1-4(7(14)15)2-13-6(9-10-11-13)5-3-16-12-8-5/h3-4H,2H2,1H3,(H,14,15). The fourth-order valence-electron chi connectivity index (χ4n) is 1.11. The van der Waals surface area contributed by atoms with Gasteiger partial charge >= 0.3 is 5.97 Å². The van der Waals surface area contributed by atoms with E-state index in [1.54, 1.807) is 12.3 Å². The lowest BCUT2D eigenvalue weighted by Crippen LogP contribution is -2.18. The van der Waals surface area contributed by atoms with Gasteiger partial charge in [0.1, 0.15) is 5.69 Å². The maximum atomic E-state index is 10.7. The van der Waals surface area contributed by atoms with E-state index in [0.717, 1.165) is 0 Å². The Morgan fingerprint density at radius 1 is 1.62 bits per heavy atom. The highest BCUT2D eigenvalue weighted by atomic mass is 32.1. The van der Waals surface area contributed by atoms with Gasteiger partial charge in [-0.25, -0.2) is 4.68 Å². The molecule has 0 radical (unpaired) electrons. The highest BCUT2D eigenvalue weighted by Gasteiger charge is 2.17. The van der Waals surface area contributed by atoms with E-state index >= 15 is 0 Å². The summed E-state index contributed by atoms with van der Waals surface area (Å²) in [5, 5.41) is 25.3. The normalized spacial score (nSPS) is 12.6. The van der Waals surface area contributed by atoms with Gasteiger partial charge in [-0.15, -0.1) is 10.2 Å². The van der Waals surface area contributed by atoms with Crippen LogP contribution in [0.4, 0.5) is 0 Å². The van der Waals surface area contributed by atoms with Crippen LogP contribution in [0.2, 0.25) is 0 Å². The largest absolute Gasteiger partial charge is 0.481 e. The minimum atomic E-state index is -0.891. The van der Waals surface area contributed by atoms with Crippen LogP contribution in [0.25, 0.3) is 11.5 Å². The van der Waals surface area contributed by atoms with E-state index in [-0.39, 0.29) is 6.54 Å². The molecule has 8 nitrogen and oxygen atoms in total. The first-order valence-electron chi connectivity index (χ1n) is 4.45. The summed E-state index contributed by atoms with van der Waals surface area (Å²) in [4.78, 5) is 10.7. The van der Waals surface area contributed by atoms with Crippen LogP contribution in [-0.2, 0) is 11.3 Å². The number of nitrogens with zero attached hydrogens (tertiary/aromatic N) is 6. The number of aromatic nitrogens is 6. The van der Waals surface area contributed by atoms with Gasteiger partial charge < -0.3 is 5.11 Å². The van der Waals surface area contributed by atoms with Crippen molar-refractivity contribution in [2.24, 2.45) is 5.92 Å². The molecule has 0 amide bonds. The van der Waals surface area contributed by atoms with Crippen molar-refractivity contribution < 1.29 is 9.90 Å². The molecule has 0 fully saturated rings. The first-order valence-corrected chi connectivity index (χ1v) is 5.28. The van der Waals surface area contributed by atoms with Crippen LogP contribution in [0, 0.1) is 5.92 Å². The van der Waals surface area contributed by atoms with Gasteiger partial charge in [-0.2, -0.15) is 0 Å². The Morgan fingerprint density at radius 3 is 3.06 bits per heavy atom. The average Bonchev–Trinajstić information content (AvgIpc) is 2.85. The predicted molar refractivity (Wildman–Crippen MR) is 53.5 cm³/mol. The summed E-state index contributed by atoms with van der Waals surface area (Å²) in [6.45, 7) is 1.79. The maximum Gasteiger partial charge on any atom is 0.308 e. The molecule has 0 spiro atoms. The van der Waals surface area contributed by atoms with Crippen molar-refractivity contribution in [3.05, 3.63) is 5.38 Å². The minimum Gasteiger partial charge on any atom is -0.481 e. The summed E-state index contributed by atoms with van der Waals surface area (Å²) in [6, 6.07) is 0. The average molecular weight is 240 g/mol. The molecule has 84 valence electrons. The fraction of sp³-hybridized carbons (Fsp3) is 0.429. The number of rotatable bonds is 4. The third-order valence-electron chi connectivity index (χ3n) is 1.99. The molecule has 1 unspecified atom stereocenters. The lowest BCUT2D eigenvalue weighted by atomic mass is 10.2. The molecule has 0 aliphatic carbocycles. The van der Waals surface area contributed by atoms with Gasteiger partial charge in [-0.05, 0) is 22.0 Å². The van der Waals surface area contributed by atoms with Crippen molar-refractivity contribution in [2.45, 2.75) is 13.5 Å². The Bertz CT molecular complexity index is 481. The quantitative estimate of drug-likeness (QED) is 0.795. The molecule has 2 aromatic heterocycles. The fourth-order valence-corrected chi connectivity index (χ4v) is 1.55. The molecule has 0 bridgehead atoms. The van der Waals surface area contributed by atoms with Crippen LogP contribution in [-0.4, -0.2) is 40.9 Å². The first kappa shape index (κ1) is 10.6. The van der Waals surface area contributed by atoms with Gasteiger partial charge in [-0.1, -0.05) is 11.4 Å². The summed E-state index contributed by atoms with van der Waals surface area (Å²) in [5.41, 5.74) is 0.549. The van der Waals surface area contributed by atoms with Gasteiger partial charge in [0, 0.05) is 5.38 Å². The van der Waals surface area contributed by atoms with E-state index in [2.05, 4.69) is 25.1 Å². The molecule has 9 heteroatoms. The van der Waals surface area contributed by atoms with E-state index in [0.29, 0.717) is 11.5 Å². The smallest absolute Gasteiger partial charge is 0.308 e. The zero-order chi connectivity index (χ0) is 11.5. The minimum absolute atomic E-state index is 0.204. The van der Waals surface area contributed by atoms with Crippen molar-refractivity contribution in [1.82, 2.24) is 29.8 Å². The summed E-state index contributed by atoms with van der Waals surface area (Å²) < 4.78 is 5.11. The third-order valence-corrected chi connectivity index (χ3v) is 2.49. The molecule has 2 rings (SSSR count). The Hall–Kier alpha value is -1.90. The highest BCUT2D eigenvalue weighted by molar-refractivity contribution is 7.03. The highest BCUT2D eigenvalue weighted by Crippen LogP contribution is 2.14. The van der Waals surface area contributed by atoms with Crippen LogP contribution >= 0.6 is 11.5 Å². The lowest BCUT2D eigenvalue weighted by molar-refractivity contribution is -0.141. The van der Waals surface area contributed by atoms with E-state index in [9.17, 15) is 4.79 Å². The van der Waals surface area contributed by atoms with E-state index in [1.807, 2.05) is 0 Å². The molecule has 2 heterocycles. The van der Waals surface area contributed by atoms with Crippen molar-refractivity contribution in [3.63, 3.8) is 0 Å². The van der Waals surface area contributed by atoms with Crippen LogP contribution in [0.1, 0.15) is 6.92 Å². The van der Waals surface area contributed by atoms with Crippen molar-refractivity contribution in [1.29, 1.82) is 0 Å². The summed E-state index contributed by atoms with van der Waals surface area (Å²) >= 11 is 1.19. The summed E-state index contributed by atoms with van der Waals surface area (Å²) in [5.74, 6) is -1.02. The van der Waals surface area contributed by atoms with Gasteiger partial charge in [0.25, 0.3) is 0 Å². The molecule has 1 N–H and O–H groups in total. The topological polar surface area (TPSA) is 107 Å². The second-order valence-corrected chi connectivity index (χ2v) is 3.82. The van der Waals surface area contributed by atoms with E-state index in [1.165, 1.54) is 16.2 Å². The maximum absolute atomic E-state index is 10.7. The number of hydrogen-bond donors (Lipinski definition) is 1. The first-order chi connectivity index (χ1) is 7.68. The van der Waals surface area contributed by atoms with Crippen LogP contribution in [0.15, 0.2) is 5.38 Å².